The second-order valence-corrected chi connectivity index (χ2v) is 15.6. The third kappa shape index (κ3) is 9.97. The number of carbonyl (C=O) groups is 1. The molecule has 292 valence electrons. The Hall–Kier alpha value is -5.17. The van der Waals surface area contributed by atoms with Gasteiger partial charge in [0.1, 0.15) is 28.6 Å². The van der Waals surface area contributed by atoms with Crippen LogP contribution < -0.4 is 30.4 Å². The lowest BCUT2D eigenvalue weighted by atomic mass is 9.83. The molecule has 0 bridgehead atoms. The number of Topliss-reactive ketones (excluding diaryl/α,β-unsaturated/α-hetero) is 1. The van der Waals surface area contributed by atoms with Gasteiger partial charge in [-0.1, -0.05) is 109 Å². The fraction of sp³-hybridized carbons (Fsp3) is 0.295. The van der Waals surface area contributed by atoms with Crippen molar-refractivity contribution in [3.05, 3.63) is 138 Å². The molecule has 6 N–H and O–H groups in total. The number of fused-ring (bicyclic) bond motifs is 5. The summed E-state index contributed by atoms with van der Waals surface area (Å²) in [6, 6.07) is 31.1. The van der Waals surface area contributed by atoms with Gasteiger partial charge in [0.05, 0.1) is 37.5 Å². The molecule has 5 heterocycles. The molecule has 0 saturated carbocycles. The van der Waals surface area contributed by atoms with Gasteiger partial charge < -0.3 is 35.5 Å². The molecule has 1 spiro atoms. The number of para-hydroxylation sites is 4. The van der Waals surface area contributed by atoms with Crippen LogP contribution in [0, 0.1) is 5.41 Å². The first-order valence-corrected chi connectivity index (χ1v) is 20.6. The van der Waals surface area contributed by atoms with E-state index in [-0.39, 0.29) is 16.5 Å². The molecule has 9 rings (SSSR count). The van der Waals surface area contributed by atoms with E-state index in [0.29, 0.717) is 31.2 Å². The number of thioether (sulfide) groups is 2. The van der Waals surface area contributed by atoms with E-state index < -0.39 is 5.60 Å². The number of amidine groups is 2. The van der Waals surface area contributed by atoms with Gasteiger partial charge in [0, 0.05) is 53.9 Å². The summed E-state index contributed by atoms with van der Waals surface area (Å²) < 4.78 is 21.9. The molecule has 0 fully saturated rings. The van der Waals surface area contributed by atoms with E-state index in [2.05, 4.69) is 24.8 Å². The summed E-state index contributed by atoms with van der Waals surface area (Å²) in [4.78, 5) is 15.9. The van der Waals surface area contributed by atoms with Gasteiger partial charge in [-0.15, -0.1) is 0 Å². The van der Waals surface area contributed by atoms with E-state index in [0.717, 1.165) is 83.7 Å². The number of nitrogens with two attached hydrogens (primary N) is 2. The molecule has 2 atom stereocenters. The maximum atomic E-state index is 11.2. The molecule has 0 saturated heterocycles. The fourth-order valence-electron chi connectivity index (χ4n) is 6.97. The summed E-state index contributed by atoms with van der Waals surface area (Å²) in [5, 5.41) is 18.2. The Morgan fingerprint density at radius 3 is 2.00 bits per heavy atom. The van der Waals surface area contributed by atoms with Gasteiger partial charge in [0.2, 0.25) is 0 Å². The molecular formula is C44H48N4O6S2. The van der Waals surface area contributed by atoms with E-state index in [1.165, 1.54) is 22.9 Å². The highest BCUT2D eigenvalue weighted by molar-refractivity contribution is 8.14. The van der Waals surface area contributed by atoms with Crippen LogP contribution in [0.4, 0.5) is 0 Å². The van der Waals surface area contributed by atoms with Crippen molar-refractivity contribution in [3.63, 3.8) is 0 Å². The van der Waals surface area contributed by atoms with Crippen molar-refractivity contribution < 1.29 is 28.8 Å². The van der Waals surface area contributed by atoms with Crippen molar-refractivity contribution in [2.45, 2.75) is 43.2 Å². The SMILES string of the molecule is C=CC1(O)CCOc2ccccc21.N=C(N)SC/C=C1\CCOc2ccccc21.NC1=NC2(CCOc3ccccc32)CCS1.O=C1CCOc2ccccc21. The zero-order valence-electron chi connectivity index (χ0n) is 31.3. The number of ketones is 1. The first-order valence-electron chi connectivity index (χ1n) is 18.6. The van der Waals surface area contributed by atoms with E-state index in [4.69, 9.17) is 40.8 Å². The van der Waals surface area contributed by atoms with Gasteiger partial charge in [0.25, 0.3) is 0 Å². The second kappa shape index (κ2) is 19.1. The molecule has 2 unspecified atom stereocenters. The molecule has 0 aromatic heterocycles. The highest BCUT2D eigenvalue weighted by Gasteiger charge is 2.39. The quantitative estimate of drug-likeness (QED) is 0.0907. The molecule has 10 nitrogen and oxygen atoms in total. The molecular weight excluding hydrogens is 745 g/mol. The topological polar surface area (TPSA) is 162 Å². The normalized spacial score (nSPS) is 21.8. The minimum Gasteiger partial charge on any atom is -0.493 e. The predicted octanol–water partition coefficient (Wildman–Crippen LogP) is 8.09. The Morgan fingerprint density at radius 2 is 1.34 bits per heavy atom. The van der Waals surface area contributed by atoms with E-state index in [1.54, 1.807) is 23.9 Å². The van der Waals surface area contributed by atoms with Crippen LogP contribution in [-0.4, -0.2) is 59.2 Å². The minimum atomic E-state index is -0.908. The molecule has 4 aromatic carbocycles. The Morgan fingerprint density at radius 1 is 0.786 bits per heavy atom. The zero-order chi connectivity index (χ0) is 39.4. The van der Waals surface area contributed by atoms with Crippen LogP contribution in [-0.2, 0) is 11.1 Å². The lowest BCUT2D eigenvalue weighted by molar-refractivity contribution is 0.0425. The van der Waals surface area contributed by atoms with Crippen molar-refractivity contribution in [3.8, 4) is 23.0 Å². The zero-order valence-corrected chi connectivity index (χ0v) is 32.9. The minimum absolute atomic E-state index is 0.121. The number of nitrogens with zero attached hydrogens (tertiary/aromatic N) is 1. The highest BCUT2D eigenvalue weighted by atomic mass is 32.2. The van der Waals surface area contributed by atoms with Gasteiger partial charge >= 0.3 is 0 Å². The van der Waals surface area contributed by atoms with Gasteiger partial charge in [-0.2, -0.15) is 0 Å². The summed E-state index contributed by atoms with van der Waals surface area (Å²) in [6.45, 7) is 6.18. The third-order valence-corrected chi connectivity index (χ3v) is 11.3. The third-order valence-electron chi connectivity index (χ3n) is 9.89. The molecule has 5 aliphatic rings. The number of benzene rings is 4. The van der Waals surface area contributed by atoms with Gasteiger partial charge in [-0.05, 0) is 42.3 Å². The number of nitrogens with one attached hydrogen (secondary N) is 1. The first-order chi connectivity index (χ1) is 27.2. The maximum absolute atomic E-state index is 11.2. The van der Waals surface area contributed by atoms with Gasteiger partial charge in [-0.3, -0.25) is 15.2 Å². The van der Waals surface area contributed by atoms with Crippen molar-refractivity contribution in [1.82, 2.24) is 0 Å². The van der Waals surface area contributed by atoms with Crippen LogP contribution in [0.2, 0.25) is 0 Å². The smallest absolute Gasteiger partial charge is 0.169 e. The molecule has 56 heavy (non-hydrogen) atoms. The Kier molecular flexibility index (Phi) is 13.8. The lowest BCUT2D eigenvalue weighted by Crippen LogP contribution is -2.36. The van der Waals surface area contributed by atoms with E-state index >= 15 is 0 Å². The van der Waals surface area contributed by atoms with Crippen molar-refractivity contribution in [1.29, 1.82) is 5.41 Å². The number of hydrogen-bond acceptors (Lipinski definition) is 11. The molecule has 12 heteroatoms. The van der Waals surface area contributed by atoms with Crippen LogP contribution in [0.5, 0.6) is 23.0 Å². The molecule has 0 amide bonds. The second-order valence-electron chi connectivity index (χ2n) is 13.4. The van der Waals surface area contributed by atoms with Crippen LogP contribution in [0.3, 0.4) is 0 Å². The number of aliphatic imine (C=N–C) groups is 1. The van der Waals surface area contributed by atoms with Crippen LogP contribution in [0.1, 0.15) is 59.2 Å². The van der Waals surface area contributed by atoms with Crippen molar-refractivity contribution in [2.24, 2.45) is 16.5 Å². The average Bonchev–Trinajstić information content (AvgIpc) is 3.22. The largest absolute Gasteiger partial charge is 0.493 e. The number of aliphatic hydroxyl groups is 1. The van der Waals surface area contributed by atoms with E-state index in [1.807, 2.05) is 78.9 Å². The first kappa shape index (κ1) is 40.5. The maximum Gasteiger partial charge on any atom is 0.169 e. The monoisotopic (exact) mass is 792 g/mol. The van der Waals surface area contributed by atoms with Gasteiger partial charge in [-0.25, -0.2) is 0 Å². The summed E-state index contributed by atoms with van der Waals surface area (Å²) in [6.07, 6.45) is 7.71. The van der Waals surface area contributed by atoms with Gasteiger partial charge in [0.15, 0.2) is 16.1 Å². The summed E-state index contributed by atoms with van der Waals surface area (Å²) in [7, 11) is 0. The molecule has 4 aromatic rings. The lowest BCUT2D eigenvalue weighted by Gasteiger charge is -2.37. The van der Waals surface area contributed by atoms with Crippen molar-refractivity contribution >= 4 is 45.2 Å². The van der Waals surface area contributed by atoms with Crippen LogP contribution in [0.25, 0.3) is 5.57 Å². The number of rotatable bonds is 3. The van der Waals surface area contributed by atoms with Crippen LogP contribution in [0.15, 0.2) is 121 Å². The standard InChI is InChI=1S/2C12H14N2OS.C11H12O2.C9H8O2/c13-11-14-12(6-8-16-11)5-7-15-10-4-2-1-3-9(10)12;13-12(14)16-8-6-9-5-7-15-11-4-2-1-3-10(9)11;1-2-11(12)7-8-13-10-6-4-3-5-9(10)11;10-8-5-6-11-9-4-2-1-3-7(8)9/h1-4H,5-8H2,(H2,13,14);1-4,6H,5,7-8H2,(H3,13,14);2-6,12H,1,7-8H2;1-4H,5-6H2/b;9-6+;;. The highest BCUT2D eigenvalue weighted by Crippen LogP contribution is 2.45. The molecule has 5 aliphatic heterocycles. The number of carbonyl (C=O) groups excluding carboxylic acids is 1. The molecule has 0 radical (unpaired) electrons. The Labute approximate surface area is 336 Å². The fourth-order valence-corrected chi connectivity index (χ4v) is 8.33. The number of ether oxygens (including phenoxy) is 4. The Bertz CT molecular complexity index is 2090. The molecule has 0 aliphatic carbocycles. The average molecular weight is 793 g/mol. The predicted molar refractivity (Wildman–Crippen MR) is 227 cm³/mol. The summed E-state index contributed by atoms with van der Waals surface area (Å²) in [5.41, 5.74) is 15.3. The summed E-state index contributed by atoms with van der Waals surface area (Å²) in [5.74, 6) is 5.39. The van der Waals surface area contributed by atoms with E-state index in [9.17, 15) is 9.90 Å². The van der Waals surface area contributed by atoms with Crippen molar-refractivity contribution in [2.75, 3.05) is 37.9 Å². The number of hydrogen-bond donors (Lipinski definition) is 4. The summed E-state index contributed by atoms with van der Waals surface area (Å²) >= 11 is 2.99. The Balaban J connectivity index is 0.000000128. The van der Waals surface area contributed by atoms with Crippen LogP contribution >= 0.6 is 23.5 Å².